The number of nitriles is 1. The number of nitrogens with zero attached hydrogens (tertiary/aromatic N) is 2. The molecular weight excluding hydrogens is 270 g/mol. The molecule has 0 aliphatic rings. The number of aliphatic carboxylic acids is 1. The average Bonchev–Trinajstić information content (AvgIpc) is 2.48. The monoisotopic (exact) mass is 289 g/mol. The number of para-hydroxylation sites is 1. The molecule has 0 bridgehead atoms. The van der Waals surface area contributed by atoms with Crippen LogP contribution in [0.4, 0.5) is 10.5 Å². The first-order valence-corrected chi connectivity index (χ1v) is 6.76. The summed E-state index contributed by atoms with van der Waals surface area (Å²) in [6.07, 6.45) is 0.593. The van der Waals surface area contributed by atoms with Gasteiger partial charge in [0, 0.05) is 18.8 Å². The molecule has 1 aromatic rings. The van der Waals surface area contributed by atoms with Crippen LogP contribution in [0.25, 0.3) is 0 Å². The van der Waals surface area contributed by atoms with Gasteiger partial charge in [0.25, 0.3) is 0 Å². The zero-order valence-electron chi connectivity index (χ0n) is 12.0. The van der Waals surface area contributed by atoms with Gasteiger partial charge in [0.05, 0.1) is 18.4 Å². The molecule has 0 radical (unpaired) electrons. The summed E-state index contributed by atoms with van der Waals surface area (Å²) in [6, 6.07) is 10.7. The molecule has 0 spiro atoms. The third-order valence-electron chi connectivity index (χ3n) is 3.04. The second kappa shape index (κ2) is 8.59. The minimum atomic E-state index is -0.881. The standard InChI is InChI=1S/C15H19N3O3/c1-12(14(19)20)8-10-17-15(21)18(11-5-9-16)13-6-3-2-4-7-13/h2-4,6-7,12H,5,8,10-11H2,1H3,(H,17,21)(H,19,20). The van der Waals surface area contributed by atoms with Gasteiger partial charge in [-0.3, -0.25) is 9.69 Å². The Balaban J connectivity index is 2.60. The Hall–Kier alpha value is -2.55. The zero-order valence-corrected chi connectivity index (χ0v) is 12.0. The number of carbonyl (C=O) groups is 2. The summed E-state index contributed by atoms with van der Waals surface area (Å²) in [4.78, 5) is 24.4. The van der Waals surface area contributed by atoms with Gasteiger partial charge in [-0.1, -0.05) is 25.1 Å². The van der Waals surface area contributed by atoms with Crippen LogP contribution in [0.2, 0.25) is 0 Å². The second-order valence-corrected chi connectivity index (χ2v) is 4.66. The minimum absolute atomic E-state index is 0.230. The van der Waals surface area contributed by atoms with Crippen molar-refractivity contribution in [2.75, 3.05) is 18.0 Å². The molecule has 0 saturated carbocycles. The fourth-order valence-electron chi connectivity index (χ4n) is 1.73. The minimum Gasteiger partial charge on any atom is -0.481 e. The molecule has 1 unspecified atom stereocenters. The fourth-order valence-corrected chi connectivity index (χ4v) is 1.73. The van der Waals surface area contributed by atoms with Crippen LogP contribution in [-0.2, 0) is 4.79 Å². The number of hydrogen-bond acceptors (Lipinski definition) is 3. The molecule has 1 rings (SSSR count). The maximum absolute atomic E-state index is 12.2. The summed E-state index contributed by atoms with van der Waals surface area (Å²) >= 11 is 0. The Morgan fingerprint density at radius 2 is 2.05 bits per heavy atom. The van der Waals surface area contributed by atoms with E-state index >= 15 is 0 Å². The van der Waals surface area contributed by atoms with Gasteiger partial charge in [0.15, 0.2) is 0 Å². The van der Waals surface area contributed by atoms with Crippen molar-refractivity contribution in [3.63, 3.8) is 0 Å². The first-order valence-electron chi connectivity index (χ1n) is 6.76. The van der Waals surface area contributed by atoms with Gasteiger partial charge < -0.3 is 10.4 Å². The normalized spacial score (nSPS) is 11.2. The van der Waals surface area contributed by atoms with E-state index in [0.717, 1.165) is 0 Å². The van der Waals surface area contributed by atoms with Crippen LogP contribution >= 0.6 is 0 Å². The van der Waals surface area contributed by atoms with E-state index in [-0.39, 0.29) is 19.0 Å². The summed E-state index contributed by atoms with van der Waals surface area (Å²) in [6.45, 7) is 2.17. The topological polar surface area (TPSA) is 93.4 Å². The highest BCUT2D eigenvalue weighted by molar-refractivity contribution is 5.91. The number of amides is 2. The maximum Gasteiger partial charge on any atom is 0.321 e. The third kappa shape index (κ3) is 5.53. The molecule has 2 amide bonds. The lowest BCUT2D eigenvalue weighted by atomic mass is 10.1. The van der Waals surface area contributed by atoms with Crippen molar-refractivity contribution in [1.29, 1.82) is 5.26 Å². The maximum atomic E-state index is 12.2. The largest absolute Gasteiger partial charge is 0.481 e. The highest BCUT2D eigenvalue weighted by Gasteiger charge is 2.16. The molecule has 21 heavy (non-hydrogen) atoms. The fraction of sp³-hybridized carbons (Fsp3) is 0.400. The van der Waals surface area contributed by atoms with Crippen molar-refractivity contribution in [3.05, 3.63) is 30.3 Å². The van der Waals surface area contributed by atoms with Gasteiger partial charge in [-0.15, -0.1) is 0 Å². The van der Waals surface area contributed by atoms with Crippen molar-refractivity contribution < 1.29 is 14.7 Å². The van der Waals surface area contributed by atoms with Crippen LogP contribution in [0.1, 0.15) is 19.8 Å². The number of urea groups is 1. The van der Waals surface area contributed by atoms with Crippen molar-refractivity contribution in [2.45, 2.75) is 19.8 Å². The molecule has 0 aliphatic carbocycles. The SMILES string of the molecule is CC(CCNC(=O)N(CCC#N)c1ccccc1)C(=O)O. The van der Waals surface area contributed by atoms with Crippen LogP contribution in [-0.4, -0.2) is 30.2 Å². The van der Waals surface area contributed by atoms with Gasteiger partial charge in [-0.05, 0) is 18.6 Å². The number of nitrogens with one attached hydrogen (secondary N) is 1. The summed E-state index contributed by atoms with van der Waals surface area (Å²) in [5.74, 6) is -1.39. The third-order valence-corrected chi connectivity index (χ3v) is 3.04. The van der Waals surface area contributed by atoms with Gasteiger partial charge in [0.2, 0.25) is 0 Å². The van der Waals surface area contributed by atoms with Gasteiger partial charge in [-0.2, -0.15) is 5.26 Å². The Morgan fingerprint density at radius 1 is 1.38 bits per heavy atom. The molecule has 1 atom stereocenters. The second-order valence-electron chi connectivity index (χ2n) is 4.66. The van der Waals surface area contributed by atoms with Gasteiger partial charge >= 0.3 is 12.0 Å². The van der Waals surface area contributed by atoms with E-state index in [1.165, 1.54) is 4.90 Å². The highest BCUT2D eigenvalue weighted by Crippen LogP contribution is 2.13. The molecule has 0 fully saturated rings. The molecule has 112 valence electrons. The number of hydrogen-bond donors (Lipinski definition) is 2. The van der Waals surface area contributed by atoms with E-state index < -0.39 is 11.9 Å². The van der Waals surface area contributed by atoms with E-state index in [1.807, 2.05) is 24.3 Å². The van der Waals surface area contributed by atoms with Crippen LogP contribution in [0.3, 0.4) is 0 Å². The number of benzene rings is 1. The summed E-state index contributed by atoms with van der Waals surface area (Å²) in [5.41, 5.74) is 0.705. The quantitative estimate of drug-likeness (QED) is 0.804. The highest BCUT2D eigenvalue weighted by atomic mass is 16.4. The van der Waals surface area contributed by atoms with Gasteiger partial charge in [0.1, 0.15) is 0 Å². The molecule has 1 aromatic carbocycles. The van der Waals surface area contributed by atoms with E-state index in [2.05, 4.69) is 5.32 Å². The van der Waals surface area contributed by atoms with Gasteiger partial charge in [-0.25, -0.2) is 4.79 Å². The van der Waals surface area contributed by atoms with E-state index in [4.69, 9.17) is 10.4 Å². The molecular formula is C15H19N3O3. The van der Waals surface area contributed by atoms with Crippen molar-refractivity contribution in [3.8, 4) is 6.07 Å². The lowest BCUT2D eigenvalue weighted by molar-refractivity contribution is -0.141. The van der Waals surface area contributed by atoms with Crippen LogP contribution in [0.15, 0.2) is 30.3 Å². The molecule has 0 aromatic heterocycles. The number of carboxylic acid groups (broad SMARTS) is 1. The number of carboxylic acids is 1. The number of rotatable bonds is 7. The molecule has 2 N–H and O–H groups in total. The van der Waals surface area contributed by atoms with Crippen LogP contribution < -0.4 is 10.2 Å². The Kier molecular flexibility index (Phi) is 6.75. The lowest BCUT2D eigenvalue weighted by Crippen LogP contribution is -2.41. The average molecular weight is 289 g/mol. The van der Waals surface area contributed by atoms with Crippen molar-refractivity contribution in [1.82, 2.24) is 5.32 Å². The molecule has 0 heterocycles. The smallest absolute Gasteiger partial charge is 0.321 e. The van der Waals surface area contributed by atoms with E-state index in [9.17, 15) is 9.59 Å². The predicted octanol–water partition coefficient (Wildman–Crippen LogP) is 2.23. The summed E-state index contributed by atoms with van der Waals surface area (Å²) < 4.78 is 0. The van der Waals surface area contributed by atoms with Crippen molar-refractivity contribution in [2.24, 2.45) is 5.92 Å². The molecule has 0 saturated heterocycles. The number of carbonyl (C=O) groups excluding carboxylic acids is 1. The molecule has 0 aliphatic heterocycles. The lowest BCUT2D eigenvalue weighted by Gasteiger charge is -2.22. The zero-order chi connectivity index (χ0) is 15.7. The Labute approximate surface area is 124 Å². The predicted molar refractivity (Wildman–Crippen MR) is 78.8 cm³/mol. The molecule has 6 nitrogen and oxygen atoms in total. The van der Waals surface area contributed by atoms with Crippen LogP contribution in [0, 0.1) is 17.2 Å². The Morgan fingerprint density at radius 3 is 2.62 bits per heavy atom. The summed E-state index contributed by atoms with van der Waals surface area (Å²) in [7, 11) is 0. The van der Waals surface area contributed by atoms with Crippen LogP contribution in [0.5, 0.6) is 0 Å². The first kappa shape index (κ1) is 16.5. The molecule has 6 heteroatoms. The number of anilines is 1. The summed E-state index contributed by atoms with van der Waals surface area (Å²) in [5, 5.41) is 20.2. The van der Waals surface area contributed by atoms with Crippen molar-refractivity contribution >= 4 is 17.7 Å². The van der Waals surface area contributed by atoms with E-state index in [1.54, 1.807) is 19.1 Å². The first-order chi connectivity index (χ1) is 10.1. The Bertz CT molecular complexity index is 511. The van der Waals surface area contributed by atoms with E-state index in [0.29, 0.717) is 18.7 Å².